The van der Waals surface area contributed by atoms with Gasteiger partial charge in [-0.1, -0.05) is 30.7 Å². The molecule has 7 heteroatoms. The van der Waals surface area contributed by atoms with E-state index in [0.29, 0.717) is 5.56 Å². The molecule has 0 bridgehead atoms. The molecule has 0 aliphatic rings. The summed E-state index contributed by atoms with van der Waals surface area (Å²) in [6, 6.07) is 6.75. The Morgan fingerprint density at radius 2 is 1.67 bits per heavy atom. The lowest BCUT2D eigenvalue weighted by Gasteiger charge is -2.25. The first-order chi connectivity index (χ1) is 11.6. The number of rotatable bonds is 9. The van der Waals surface area contributed by atoms with Crippen LogP contribution in [0.4, 0.5) is 13.2 Å². The molecule has 0 aliphatic carbocycles. The highest BCUT2D eigenvalue weighted by atomic mass is 19.4. The maximum atomic E-state index is 12.2. The second-order valence-electron chi connectivity index (χ2n) is 6.28. The standard InChI is InChI=1S/C17H22F3NO3/c1-16(15(23)24,8-2-3-9-17(18,19)20)11-13-6-4-12(5-7-13)10-14(21)22/h4-7H,2-3,8-11H2,1H3,(H2,21,22)(H,23,24)/i/hD. The van der Waals surface area contributed by atoms with Gasteiger partial charge in [-0.05, 0) is 37.3 Å². The molecule has 0 aliphatic heterocycles. The molecule has 1 aromatic carbocycles. The van der Waals surface area contributed by atoms with E-state index in [-0.39, 0.29) is 32.1 Å². The third-order valence-corrected chi connectivity index (χ3v) is 3.94. The van der Waals surface area contributed by atoms with E-state index in [2.05, 4.69) is 0 Å². The van der Waals surface area contributed by atoms with Crippen LogP contribution in [0, 0.1) is 5.41 Å². The number of primary amides is 1. The Bertz CT molecular complexity index is 590. The third kappa shape index (κ3) is 7.02. The summed E-state index contributed by atoms with van der Waals surface area (Å²) in [6.45, 7) is 1.53. The fourth-order valence-corrected chi connectivity index (χ4v) is 2.52. The molecular formula is C17H22F3NO3. The monoisotopic (exact) mass is 346 g/mol. The van der Waals surface area contributed by atoms with E-state index in [1.807, 2.05) is 0 Å². The maximum absolute atomic E-state index is 12.2. The van der Waals surface area contributed by atoms with E-state index in [0.717, 1.165) is 5.56 Å². The van der Waals surface area contributed by atoms with Crippen LogP contribution in [0.1, 0.15) is 43.7 Å². The zero-order chi connectivity index (χ0) is 19.1. The average molecular weight is 346 g/mol. The van der Waals surface area contributed by atoms with Gasteiger partial charge in [0.1, 0.15) is 0 Å². The van der Waals surface area contributed by atoms with Crippen molar-refractivity contribution in [2.24, 2.45) is 11.1 Å². The van der Waals surface area contributed by atoms with Crippen molar-refractivity contribution in [3.05, 3.63) is 35.4 Å². The molecule has 0 aromatic heterocycles. The Morgan fingerprint density at radius 1 is 1.12 bits per heavy atom. The Kier molecular flexibility index (Phi) is 6.23. The minimum Gasteiger partial charge on any atom is -0.481 e. The van der Waals surface area contributed by atoms with Crippen LogP contribution < -0.4 is 5.73 Å². The first-order valence-corrected chi connectivity index (χ1v) is 7.64. The van der Waals surface area contributed by atoms with Crippen molar-refractivity contribution in [1.82, 2.24) is 0 Å². The molecule has 0 fully saturated rings. The average Bonchev–Trinajstić information content (AvgIpc) is 2.52. The minimum absolute atomic E-state index is 0.0530. The molecule has 1 aromatic rings. The largest absolute Gasteiger partial charge is 0.481 e. The van der Waals surface area contributed by atoms with E-state index in [1.54, 1.807) is 30.0 Å². The fraction of sp³-hybridized carbons (Fsp3) is 0.529. The summed E-state index contributed by atoms with van der Waals surface area (Å²) < 4.78 is 43.3. The molecular weight excluding hydrogens is 323 g/mol. The molecule has 3 N–H and O–H groups in total. The van der Waals surface area contributed by atoms with E-state index >= 15 is 0 Å². The van der Waals surface area contributed by atoms with Crippen LogP contribution in [0.3, 0.4) is 0 Å². The molecule has 24 heavy (non-hydrogen) atoms. The van der Waals surface area contributed by atoms with Crippen LogP contribution in [-0.4, -0.2) is 23.2 Å². The van der Waals surface area contributed by atoms with Gasteiger partial charge in [0.15, 0.2) is 1.41 Å². The summed E-state index contributed by atoms with van der Waals surface area (Å²) in [4.78, 5) is 22.7. The van der Waals surface area contributed by atoms with Gasteiger partial charge < -0.3 is 10.8 Å². The second kappa shape index (κ2) is 8.17. The van der Waals surface area contributed by atoms with Gasteiger partial charge in [-0.25, -0.2) is 0 Å². The Balaban J connectivity index is 2.67. The van der Waals surface area contributed by atoms with Crippen LogP contribution in [0.2, 0.25) is 1.41 Å². The third-order valence-electron chi connectivity index (χ3n) is 3.94. The van der Waals surface area contributed by atoms with E-state index in [1.165, 1.54) is 6.92 Å². The number of amides is 1. The van der Waals surface area contributed by atoms with Gasteiger partial charge in [-0.2, -0.15) is 13.2 Å². The second-order valence-corrected chi connectivity index (χ2v) is 6.28. The summed E-state index contributed by atoms with van der Waals surface area (Å²) >= 11 is 0. The van der Waals surface area contributed by atoms with Gasteiger partial charge in [0.05, 0.1) is 11.8 Å². The minimum atomic E-state index is -4.22. The van der Waals surface area contributed by atoms with Gasteiger partial charge in [0.2, 0.25) is 5.91 Å². The number of carbonyl (C=O) groups is 2. The number of nitrogens with two attached hydrogens (primary N) is 1. The van der Waals surface area contributed by atoms with E-state index in [4.69, 9.17) is 1.41 Å². The lowest BCUT2D eigenvalue weighted by Crippen LogP contribution is -2.30. The predicted octanol–water partition coefficient (Wildman–Crippen LogP) is 3.47. The summed E-state index contributed by atoms with van der Waals surface area (Å²) in [5, 5.41) is 9.46. The highest BCUT2D eigenvalue weighted by Gasteiger charge is 2.33. The summed E-state index contributed by atoms with van der Waals surface area (Å²) in [6.07, 6.45) is -4.63. The lowest BCUT2D eigenvalue weighted by atomic mass is 9.79. The van der Waals surface area contributed by atoms with Gasteiger partial charge in [-0.15, -0.1) is 0 Å². The Hall–Kier alpha value is -2.05. The van der Waals surface area contributed by atoms with Crippen molar-refractivity contribution in [1.29, 1.82) is 0 Å². The number of alkyl halides is 3. The number of carboxylic acid groups (broad SMARTS) is 1. The van der Waals surface area contributed by atoms with Crippen molar-refractivity contribution < 1.29 is 29.3 Å². The molecule has 0 radical (unpaired) electrons. The van der Waals surface area contributed by atoms with Crippen LogP contribution in [0.15, 0.2) is 24.3 Å². The van der Waals surface area contributed by atoms with Gasteiger partial charge in [0, 0.05) is 6.42 Å². The van der Waals surface area contributed by atoms with Crippen molar-refractivity contribution in [3.63, 3.8) is 0 Å². The number of carbonyl (C=O) groups excluding carboxylic acids is 1. The molecule has 0 saturated heterocycles. The lowest BCUT2D eigenvalue weighted by molar-refractivity contribution is -0.148. The Labute approximate surface area is 140 Å². The van der Waals surface area contributed by atoms with Crippen molar-refractivity contribution in [2.45, 2.75) is 51.6 Å². The Morgan fingerprint density at radius 3 is 2.17 bits per heavy atom. The molecule has 1 atom stereocenters. The van der Waals surface area contributed by atoms with Crippen molar-refractivity contribution >= 4 is 11.9 Å². The summed E-state index contributed by atoms with van der Waals surface area (Å²) in [7, 11) is 0. The number of hydrogen-bond donors (Lipinski definition) is 2. The molecule has 1 rings (SSSR count). The fourth-order valence-electron chi connectivity index (χ4n) is 2.52. The van der Waals surface area contributed by atoms with Crippen LogP contribution >= 0.6 is 0 Å². The smallest absolute Gasteiger partial charge is 0.389 e. The van der Waals surface area contributed by atoms with Gasteiger partial charge in [-0.3, -0.25) is 9.59 Å². The summed E-state index contributed by atoms with van der Waals surface area (Å²) in [5.74, 6) is -1.50. The highest BCUT2D eigenvalue weighted by molar-refractivity contribution is 5.76. The number of benzene rings is 1. The van der Waals surface area contributed by atoms with E-state index < -0.39 is 29.9 Å². The molecule has 0 spiro atoms. The van der Waals surface area contributed by atoms with Crippen LogP contribution in [-0.2, 0) is 22.4 Å². The first-order valence-electron chi connectivity index (χ1n) is 8.14. The molecule has 1 amide bonds. The number of halogens is 3. The van der Waals surface area contributed by atoms with Crippen LogP contribution in [0.25, 0.3) is 0 Å². The molecule has 1 unspecified atom stereocenters. The number of carboxylic acids is 1. The maximum Gasteiger partial charge on any atom is 0.389 e. The normalized spacial score (nSPS) is 14.6. The molecule has 134 valence electrons. The molecule has 4 nitrogen and oxygen atoms in total. The molecule has 0 heterocycles. The zero-order valence-electron chi connectivity index (χ0n) is 14.4. The van der Waals surface area contributed by atoms with Crippen molar-refractivity contribution in [3.8, 4) is 0 Å². The zero-order valence-corrected chi connectivity index (χ0v) is 13.4. The molecule has 0 saturated carbocycles. The highest BCUT2D eigenvalue weighted by Crippen LogP contribution is 2.31. The number of aliphatic carboxylic acids is 1. The SMILES string of the molecule is [2H]NC(=O)Cc1ccc(CC(C)(CCCCC(F)(F)F)C(=O)O)cc1. The van der Waals surface area contributed by atoms with Crippen molar-refractivity contribution in [2.75, 3.05) is 0 Å². The first kappa shape index (κ1) is 18.3. The van der Waals surface area contributed by atoms with Gasteiger partial charge in [0.25, 0.3) is 0 Å². The number of hydrogen-bond acceptors (Lipinski definition) is 2. The topological polar surface area (TPSA) is 80.4 Å². The quantitative estimate of drug-likeness (QED) is 0.672. The van der Waals surface area contributed by atoms with Gasteiger partial charge >= 0.3 is 12.1 Å². The van der Waals surface area contributed by atoms with E-state index in [9.17, 15) is 27.9 Å². The number of unbranched alkanes of at least 4 members (excludes halogenated alkanes) is 1. The van der Waals surface area contributed by atoms with Crippen LogP contribution in [0.5, 0.6) is 0 Å². The predicted molar refractivity (Wildman–Crippen MR) is 83.3 cm³/mol. The summed E-state index contributed by atoms with van der Waals surface area (Å²) in [5.41, 5.74) is 2.05.